The van der Waals surface area contributed by atoms with Crippen molar-refractivity contribution in [3.63, 3.8) is 0 Å². The molecule has 0 aromatic heterocycles. The Hall–Kier alpha value is -0.403. The zero-order chi connectivity index (χ0) is 11.1. The van der Waals surface area contributed by atoms with Crippen LogP contribution in [0.1, 0.15) is 0 Å². The number of epoxide rings is 1. The summed E-state index contributed by atoms with van der Waals surface area (Å²) in [5, 5.41) is 0. The van der Waals surface area contributed by atoms with E-state index >= 15 is 0 Å². The summed E-state index contributed by atoms with van der Waals surface area (Å²) in [4.78, 5) is 0. The molecule has 1 fully saturated rings. The fraction of sp³-hybridized carbons (Fsp3) is 0.778. The number of allylic oxidation sites excluding steroid dienone is 1. The van der Waals surface area contributed by atoms with Crippen LogP contribution in [0.3, 0.4) is 0 Å². The monoisotopic (exact) mass is 234 g/mol. The van der Waals surface area contributed by atoms with Crippen LogP contribution in [0.2, 0.25) is 6.04 Å². The Morgan fingerprint density at radius 2 is 1.87 bits per heavy atom. The second-order valence-electron chi connectivity index (χ2n) is 3.16. The molecule has 0 aliphatic carbocycles. The van der Waals surface area contributed by atoms with Gasteiger partial charge in [0, 0.05) is 27.4 Å². The van der Waals surface area contributed by atoms with Gasteiger partial charge in [-0.3, -0.25) is 0 Å². The highest BCUT2D eigenvalue weighted by Crippen LogP contribution is 2.13. The standard InChI is InChI=1S/C9H18O5Si/c1-10-15(11-2,12-3)6-4-5-13-7-9-8-14-9/h4-5,9H,6-8H2,1-3H3/b5-4+. The molecule has 1 unspecified atom stereocenters. The molecule has 1 atom stereocenters. The van der Waals surface area contributed by atoms with Crippen LogP contribution in [0.15, 0.2) is 12.3 Å². The minimum atomic E-state index is -2.48. The maximum Gasteiger partial charge on any atom is 0.504 e. The van der Waals surface area contributed by atoms with Gasteiger partial charge in [-0.25, -0.2) is 0 Å². The van der Waals surface area contributed by atoms with E-state index in [1.807, 2.05) is 6.08 Å². The predicted octanol–water partition coefficient (Wildman–Crippen LogP) is 0.794. The molecule has 1 aliphatic rings. The van der Waals surface area contributed by atoms with E-state index in [9.17, 15) is 0 Å². The van der Waals surface area contributed by atoms with E-state index in [1.165, 1.54) is 0 Å². The van der Waals surface area contributed by atoms with E-state index in [-0.39, 0.29) is 6.10 Å². The minimum absolute atomic E-state index is 0.281. The van der Waals surface area contributed by atoms with Crippen LogP contribution in [0.4, 0.5) is 0 Å². The Morgan fingerprint density at radius 1 is 1.27 bits per heavy atom. The molecule has 1 saturated heterocycles. The molecule has 15 heavy (non-hydrogen) atoms. The van der Waals surface area contributed by atoms with Crippen molar-refractivity contribution in [2.45, 2.75) is 12.1 Å². The molecule has 0 aromatic rings. The highest BCUT2D eigenvalue weighted by Gasteiger charge is 2.36. The lowest BCUT2D eigenvalue weighted by atomic mass is 10.5. The SMILES string of the molecule is CO[Si](C/C=C/OCC1CO1)(OC)OC. The molecule has 5 nitrogen and oxygen atoms in total. The lowest BCUT2D eigenvalue weighted by Gasteiger charge is -2.22. The topological polar surface area (TPSA) is 49.5 Å². The number of rotatable bonds is 8. The van der Waals surface area contributed by atoms with Crippen molar-refractivity contribution < 1.29 is 22.8 Å². The zero-order valence-corrected chi connectivity index (χ0v) is 10.4. The molecule has 0 aromatic carbocycles. The van der Waals surface area contributed by atoms with Crippen LogP contribution in [-0.2, 0) is 22.8 Å². The Morgan fingerprint density at radius 3 is 2.33 bits per heavy atom. The van der Waals surface area contributed by atoms with E-state index < -0.39 is 8.80 Å². The molecule has 88 valence electrons. The Balaban J connectivity index is 2.18. The van der Waals surface area contributed by atoms with Gasteiger partial charge in [0.05, 0.1) is 12.9 Å². The lowest BCUT2D eigenvalue weighted by molar-refractivity contribution is 0.126. The molecule has 1 heterocycles. The molecule has 0 spiro atoms. The number of hydrogen-bond donors (Lipinski definition) is 0. The summed E-state index contributed by atoms with van der Waals surface area (Å²) in [6, 6.07) is 0.599. The highest BCUT2D eigenvalue weighted by atomic mass is 28.4. The quantitative estimate of drug-likeness (QED) is 0.353. The van der Waals surface area contributed by atoms with Crippen LogP contribution >= 0.6 is 0 Å². The van der Waals surface area contributed by atoms with Gasteiger partial charge in [-0.2, -0.15) is 0 Å². The second kappa shape index (κ2) is 6.24. The molecule has 1 rings (SSSR count). The predicted molar refractivity (Wildman–Crippen MR) is 56.4 cm³/mol. The van der Waals surface area contributed by atoms with Gasteiger partial charge in [0.15, 0.2) is 0 Å². The van der Waals surface area contributed by atoms with E-state index in [1.54, 1.807) is 27.6 Å². The van der Waals surface area contributed by atoms with Gasteiger partial charge >= 0.3 is 8.80 Å². The summed E-state index contributed by atoms with van der Waals surface area (Å²) >= 11 is 0. The van der Waals surface area contributed by atoms with Gasteiger partial charge in [0.25, 0.3) is 0 Å². The summed E-state index contributed by atoms with van der Waals surface area (Å²) in [6.07, 6.45) is 3.77. The lowest BCUT2D eigenvalue weighted by Crippen LogP contribution is -2.42. The largest absolute Gasteiger partial charge is 0.504 e. The van der Waals surface area contributed by atoms with Gasteiger partial charge < -0.3 is 22.8 Å². The van der Waals surface area contributed by atoms with Crippen molar-refractivity contribution in [1.29, 1.82) is 0 Å². The molecule has 0 radical (unpaired) electrons. The number of ether oxygens (including phenoxy) is 2. The van der Waals surface area contributed by atoms with Gasteiger partial charge in [0.2, 0.25) is 0 Å². The van der Waals surface area contributed by atoms with Gasteiger partial charge in [0.1, 0.15) is 12.7 Å². The number of hydrogen-bond acceptors (Lipinski definition) is 5. The first-order valence-electron chi connectivity index (χ1n) is 4.80. The first-order chi connectivity index (χ1) is 7.26. The van der Waals surface area contributed by atoms with Crippen molar-refractivity contribution in [2.24, 2.45) is 0 Å². The fourth-order valence-corrected chi connectivity index (χ4v) is 2.47. The van der Waals surface area contributed by atoms with Crippen molar-refractivity contribution in [3.8, 4) is 0 Å². The Kier molecular flexibility index (Phi) is 5.27. The molecular weight excluding hydrogens is 216 g/mol. The van der Waals surface area contributed by atoms with E-state index in [2.05, 4.69) is 0 Å². The first-order valence-corrected chi connectivity index (χ1v) is 6.73. The molecule has 0 bridgehead atoms. The molecule has 0 saturated carbocycles. The van der Waals surface area contributed by atoms with Crippen molar-refractivity contribution in [3.05, 3.63) is 12.3 Å². The van der Waals surface area contributed by atoms with Crippen molar-refractivity contribution in [1.82, 2.24) is 0 Å². The normalized spacial score (nSPS) is 20.9. The second-order valence-corrected chi connectivity index (χ2v) is 6.16. The highest BCUT2D eigenvalue weighted by molar-refractivity contribution is 6.61. The van der Waals surface area contributed by atoms with E-state index in [0.717, 1.165) is 6.61 Å². The average molecular weight is 234 g/mol. The minimum Gasteiger partial charge on any atom is -0.499 e. The van der Waals surface area contributed by atoms with Gasteiger partial charge in [-0.15, -0.1) is 0 Å². The third-order valence-electron chi connectivity index (χ3n) is 2.18. The van der Waals surface area contributed by atoms with E-state index in [0.29, 0.717) is 12.7 Å². The van der Waals surface area contributed by atoms with Crippen molar-refractivity contribution in [2.75, 3.05) is 34.5 Å². The molecule has 0 amide bonds. The Bertz CT molecular complexity index is 192. The maximum absolute atomic E-state index is 5.24. The van der Waals surface area contributed by atoms with Crippen LogP contribution in [0, 0.1) is 0 Å². The summed E-state index contributed by atoms with van der Waals surface area (Å²) in [6.45, 7) is 1.42. The summed E-state index contributed by atoms with van der Waals surface area (Å²) in [5.74, 6) is 0. The van der Waals surface area contributed by atoms with E-state index in [4.69, 9.17) is 22.8 Å². The maximum atomic E-state index is 5.24. The van der Waals surface area contributed by atoms with Crippen LogP contribution in [0.25, 0.3) is 0 Å². The summed E-state index contributed by atoms with van der Waals surface area (Å²) in [5.41, 5.74) is 0. The van der Waals surface area contributed by atoms with Crippen LogP contribution in [0.5, 0.6) is 0 Å². The third kappa shape index (κ3) is 4.31. The summed E-state index contributed by atoms with van der Waals surface area (Å²) in [7, 11) is 2.29. The molecule has 0 N–H and O–H groups in total. The van der Waals surface area contributed by atoms with Crippen molar-refractivity contribution >= 4 is 8.80 Å². The smallest absolute Gasteiger partial charge is 0.499 e. The molecule has 6 heteroatoms. The average Bonchev–Trinajstić information content (AvgIpc) is 3.08. The third-order valence-corrected chi connectivity index (χ3v) is 4.78. The van der Waals surface area contributed by atoms with Gasteiger partial charge in [-0.05, 0) is 6.08 Å². The summed E-state index contributed by atoms with van der Waals surface area (Å²) < 4.78 is 25.9. The molecular formula is C9H18O5Si. The van der Waals surface area contributed by atoms with Crippen LogP contribution in [-0.4, -0.2) is 49.5 Å². The first kappa shape index (κ1) is 12.7. The van der Waals surface area contributed by atoms with Gasteiger partial charge in [-0.1, -0.05) is 0 Å². The fourth-order valence-electron chi connectivity index (χ4n) is 1.09. The zero-order valence-electron chi connectivity index (χ0n) is 9.39. The van der Waals surface area contributed by atoms with Crippen LogP contribution < -0.4 is 0 Å². The Labute approximate surface area is 91.3 Å². The molecule has 1 aliphatic heterocycles.